The van der Waals surface area contributed by atoms with Crippen molar-refractivity contribution in [2.75, 3.05) is 0 Å². The van der Waals surface area contributed by atoms with Gasteiger partial charge in [-0.2, -0.15) is 0 Å². The fraction of sp³-hybridized carbons (Fsp3) is 0. The van der Waals surface area contributed by atoms with Crippen molar-refractivity contribution in [2.24, 2.45) is 0 Å². The Labute approximate surface area is 73.1 Å². The summed E-state index contributed by atoms with van der Waals surface area (Å²) in [6.07, 6.45) is 0. The molecule has 0 saturated heterocycles. The molecule has 0 fully saturated rings. The molecule has 4 nitrogen and oxygen atoms in total. The summed E-state index contributed by atoms with van der Waals surface area (Å²) in [5.41, 5.74) is 0. The fourth-order valence-electron chi connectivity index (χ4n) is 0. The van der Waals surface area contributed by atoms with E-state index < -0.39 is 0 Å². The predicted octanol–water partition coefficient (Wildman–Crippen LogP) is -0.483. The summed E-state index contributed by atoms with van der Waals surface area (Å²) in [7, 11) is 0. The summed E-state index contributed by atoms with van der Waals surface area (Å²) in [4.78, 5) is 0. The standard InChI is InChI=1S/3Fe.4O/q+2;2*+3;4*-2. The van der Waals surface area contributed by atoms with Crippen LogP contribution in [0.15, 0.2) is 0 Å². The summed E-state index contributed by atoms with van der Waals surface area (Å²) in [6, 6.07) is 0. The van der Waals surface area contributed by atoms with Gasteiger partial charge in [-0.1, -0.05) is 0 Å². The third-order valence-electron chi connectivity index (χ3n) is 0. The van der Waals surface area contributed by atoms with Gasteiger partial charge in [0.1, 0.15) is 0 Å². The van der Waals surface area contributed by atoms with E-state index in [0.29, 0.717) is 0 Å². The van der Waals surface area contributed by atoms with E-state index >= 15 is 0 Å². The molecule has 0 heterocycles. The van der Waals surface area contributed by atoms with Crippen molar-refractivity contribution < 1.29 is 73.1 Å². The van der Waals surface area contributed by atoms with Crippen molar-refractivity contribution in [2.45, 2.75) is 0 Å². The van der Waals surface area contributed by atoms with Crippen LogP contribution in [0.2, 0.25) is 0 Å². The van der Waals surface area contributed by atoms with Gasteiger partial charge in [0.25, 0.3) is 0 Å². The maximum Gasteiger partial charge on any atom is 3.00 e. The molecule has 0 spiro atoms. The van der Waals surface area contributed by atoms with Crippen LogP contribution in [0.3, 0.4) is 0 Å². The number of hydrogen-bond donors (Lipinski definition) is 0. The van der Waals surface area contributed by atoms with Crippen LogP contribution in [0.25, 0.3) is 0 Å². The van der Waals surface area contributed by atoms with E-state index in [9.17, 15) is 0 Å². The molecule has 0 unspecified atom stereocenters. The molecule has 7 heavy (non-hydrogen) atoms. The topological polar surface area (TPSA) is 114 Å². The minimum atomic E-state index is 0. The first-order chi connectivity index (χ1) is 0. The summed E-state index contributed by atoms with van der Waals surface area (Å²) in [5, 5.41) is 0. The molecule has 7 heteroatoms. The van der Waals surface area contributed by atoms with Crippen LogP contribution in [-0.2, 0) is 73.1 Å². The Morgan fingerprint density at radius 3 is 0.429 bits per heavy atom. The van der Waals surface area contributed by atoms with Gasteiger partial charge in [-0.15, -0.1) is 0 Å². The second-order valence-corrected chi connectivity index (χ2v) is 0. The summed E-state index contributed by atoms with van der Waals surface area (Å²) in [6.45, 7) is 0. The molecule has 0 aliphatic heterocycles. The fourth-order valence-corrected chi connectivity index (χ4v) is 0. The van der Waals surface area contributed by atoms with Gasteiger partial charge in [0.2, 0.25) is 0 Å². The van der Waals surface area contributed by atoms with Crippen LogP contribution in [-0.4, -0.2) is 0 Å². The predicted molar refractivity (Wildman–Crippen MR) is 2.75 cm³/mol. The van der Waals surface area contributed by atoms with Crippen molar-refractivity contribution in [3.05, 3.63) is 0 Å². The van der Waals surface area contributed by atoms with E-state index in [1.54, 1.807) is 0 Å². The summed E-state index contributed by atoms with van der Waals surface area (Å²) < 4.78 is 0. The Hall–Kier alpha value is 1.40. The molecule has 0 aliphatic carbocycles. The van der Waals surface area contributed by atoms with Gasteiger partial charge >= 0.3 is 51.2 Å². The van der Waals surface area contributed by atoms with E-state index in [0.717, 1.165) is 0 Å². The first kappa shape index (κ1) is 235. The van der Waals surface area contributed by atoms with E-state index in [4.69, 9.17) is 0 Å². The van der Waals surface area contributed by atoms with Gasteiger partial charge < -0.3 is 21.9 Å². The first-order valence-corrected chi connectivity index (χ1v) is 0. The van der Waals surface area contributed by atoms with Crippen molar-refractivity contribution in [3.8, 4) is 0 Å². The summed E-state index contributed by atoms with van der Waals surface area (Å²) >= 11 is 0. The van der Waals surface area contributed by atoms with Crippen LogP contribution < -0.4 is 0 Å². The normalized spacial score (nSPS) is 0. The molecule has 0 rings (SSSR count). The quantitative estimate of drug-likeness (QED) is 0.501. The van der Waals surface area contributed by atoms with E-state index in [1.165, 1.54) is 0 Å². The molecule has 0 saturated carbocycles. The molecule has 0 N–H and O–H groups in total. The Morgan fingerprint density at radius 1 is 0.429 bits per heavy atom. The average Bonchev–Trinajstić information content (AvgIpc) is 0. The molecule has 48 valence electrons. The van der Waals surface area contributed by atoms with Crippen molar-refractivity contribution in [1.82, 2.24) is 0 Å². The zero-order valence-corrected chi connectivity index (χ0v) is 6.01. The monoisotopic (exact) mass is 232 g/mol. The molecule has 0 aromatic carbocycles. The molecular formula is Fe3O4. The first-order valence-electron chi connectivity index (χ1n) is 0. The maximum absolute atomic E-state index is 0. The third kappa shape index (κ3) is 110. The maximum atomic E-state index is 0. The second kappa shape index (κ2) is 155. The van der Waals surface area contributed by atoms with Gasteiger partial charge in [0.15, 0.2) is 0 Å². The number of rotatable bonds is 0. The molecule has 0 amide bonds. The van der Waals surface area contributed by atoms with Gasteiger partial charge in [0.05, 0.1) is 0 Å². The van der Waals surface area contributed by atoms with Gasteiger partial charge in [-0.3, -0.25) is 0 Å². The van der Waals surface area contributed by atoms with Gasteiger partial charge in [0, 0.05) is 0 Å². The van der Waals surface area contributed by atoms with Gasteiger partial charge in [-0.25, -0.2) is 0 Å². The molecular weight excluding hydrogens is 232 g/mol. The van der Waals surface area contributed by atoms with E-state index in [2.05, 4.69) is 0 Å². The molecule has 0 aromatic heterocycles. The van der Waals surface area contributed by atoms with Crippen LogP contribution in [0.4, 0.5) is 0 Å². The smallest absolute Gasteiger partial charge is 2.00 e. The van der Waals surface area contributed by atoms with Crippen LogP contribution in [0.1, 0.15) is 0 Å². The van der Waals surface area contributed by atoms with Crippen molar-refractivity contribution in [1.29, 1.82) is 0 Å². The number of hydrogen-bond acceptors (Lipinski definition) is 0. The molecule has 0 aromatic rings. The van der Waals surface area contributed by atoms with Crippen LogP contribution in [0.5, 0.6) is 0 Å². The minimum absolute atomic E-state index is 0. The zero-order valence-electron chi connectivity index (χ0n) is 2.69. The Balaban J connectivity index is 0. The molecule has 0 atom stereocenters. The second-order valence-electron chi connectivity index (χ2n) is 0. The Kier molecular flexibility index (Phi) is 5200. The average molecular weight is 232 g/mol. The van der Waals surface area contributed by atoms with Crippen molar-refractivity contribution >= 4 is 0 Å². The largest absolute Gasteiger partial charge is 3.00 e. The summed E-state index contributed by atoms with van der Waals surface area (Å²) in [5.74, 6) is 0. The Morgan fingerprint density at radius 2 is 0.429 bits per heavy atom. The van der Waals surface area contributed by atoms with Crippen LogP contribution in [0, 0.1) is 0 Å². The Bertz CT molecular complexity index is 6.90. The zero-order chi connectivity index (χ0) is 0. The molecule has 0 aliphatic rings. The SMILES string of the molecule is [Fe+2].[Fe+3].[Fe+3].[O-2].[O-2].[O-2].[O-2]. The minimum Gasteiger partial charge on any atom is -2.00 e. The van der Waals surface area contributed by atoms with Crippen molar-refractivity contribution in [3.63, 3.8) is 0 Å². The van der Waals surface area contributed by atoms with E-state index in [1.807, 2.05) is 0 Å². The van der Waals surface area contributed by atoms with Crippen LogP contribution >= 0.6 is 0 Å². The molecule has 0 bridgehead atoms. The third-order valence-corrected chi connectivity index (χ3v) is 0. The molecule has 2 radical (unpaired) electrons. The van der Waals surface area contributed by atoms with Gasteiger partial charge in [-0.05, 0) is 0 Å². The van der Waals surface area contributed by atoms with E-state index in [-0.39, 0.29) is 73.1 Å².